The minimum absolute atomic E-state index is 0.687. The van der Waals surface area contributed by atoms with Crippen molar-refractivity contribution in [3.8, 4) is 11.5 Å². The molecule has 0 fully saturated rings. The monoisotopic (exact) mass is 270 g/mol. The number of methoxy groups -OCH3 is 1. The van der Waals surface area contributed by atoms with Crippen LogP contribution in [0.3, 0.4) is 0 Å². The second kappa shape index (κ2) is 6.87. The van der Waals surface area contributed by atoms with Gasteiger partial charge in [-0.2, -0.15) is 0 Å². The average Bonchev–Trinajstić information content (AvgIpc) is 2.47. The lowest BCUT2D eigenvalue weighted by atomic mass is 10.1. The molecule has 0 saturated carbocycles. The van der Waals surface area contributed by atoms with Gasteiger partial charge >= 0.3 is 0 Å². The zero-order valence-corrected chi connectivity index (χ0v) is 11.8. The van der Waals surface area contributed by atoms with Gasteiger partial charge in [0.1, 0.15) is 17.8 Å². The number of aryl methyl sites for hydroxylation is 1. The summed E-state index contributed by atoms with van der Waals surface area (Å²) in [5.41, 5.74) is 2.81. The van der Waals surface area contributed by atoms with E-state index in [1.54, 1.807) is 19.2 Å². The number of hydrogen-bond acceptors (Lipinski definition) is 3. The van der Waals surface area contributed by atoms with Gasteiger partial charge in [0.05, 0.1) is 6.61 Å². The second-order valence-corrected chi connectivity index (χ2v) is 4.63. The molecule has 0 aliphatic carbocycles. The molecule has 2 rings (SSSR count). The van der Waals surface area contributed by atoms with E-state index in [0.717, 1.165) is 29.8 Å². The maximum absolute atomic E-state index is 10.8. The summed E-state index contributed by atoms with van der Waals surface area (Å²) in [4.78, 5) is 10.8. The fourth-order valence-corrected chi connectivity index (χ4v) is 1.92. The van der Waals surface area contributed by atoms with Gasteiger partial charge in [-0.25, -0.2) is 0 Å². The Kier molecular flexibility index (Phi) is 4.91. The maximum Gasteiger partial charge on any atom is 0.150 e. The predicted octanol–water partition coefficient (Wildman–Crippen LogP) is 3.79. The molecule has 0 aliphatic heterocycles. The van der Waals surface area contributed by atoms with E-state index in [0.29, 0.717) is 12.2 Å². The molecule has 2 aromatic carbocycles. The first-order chi connectivity index (χ1) is 9.72. The van der Waals surface area contributed by atoms with Crippen molar-refractivity contribution in [2.75, 3.05) is 13.7 Å². The lowest BCUT2D eigenvalue weighted by Crippen LogP contribution is -1.94. The van der Waals surface area contributed by atoms with Gasteiger partial charge in [-0.3, -0.25) is 4.79 Å². The normalized spacial score (nSPS) is 10.3. The highest BCUT2D eigenvalue weighted by Gasteiger charge is 2.02. The highest BCUT2D eigenvalue weighted by Crippen LogP contribution is 2.23. The zero-order valence-electron chi connectivity index (χ0n) is 11.8. The summed E-state index contributed by atoms with van der Waals surface area (Å²) in [5, 5.41) is 0. The van der Waals surface area contributed by atoms with Crippen LogP contribution in [0.1, 0.15) is 21.5 Å². The molecule has 0 bridgehead atoms. The predicted molar refractivity (Wildman–Crippen MR) is 78.7 cm³/mol. The maximum atomic E-state index is 10.8. The van der Waals surface area contributed by atoms with Crippen molar-refractivity contribution in [2.24, 2.45) is 0 Å². The number of carbonyl (C=O) groups excluding carboxylic acids is 1. The van der Waals surface area contributed by atoms with Crippen molar-refractivity contribution in [1.82, 2.24) is 0 Å². The van der Waals surface area contributed by atoms with E-state index in [9.17, 15) is 4.79 Å². The Bertz CT molecular complexity index is 573. The van der Waals surface area contributed by atoms with Crippen LogP contribution in [0.15, 0.2) is 42.5 Å². The molecule has 0 radical (unpaired) electrons. The van der Waals surface area contributed by atoms with Crippen LogP contribution >= 0.6 is 0 Å². The van der Waals surface area contributed by atoms with E-state index in [1.807, 2.05) is 37.3 Å². The lowest BCUT2D eigenvalue weighted by molar-refractivity contribution is 0.112. The minimum atomic E-state index is 0.687. The van der Waals surface area contributed by atoms with Crippen LogP contribution in [-0.4, -0.2) is 20.0 Å². The average molecular weight is 270 g/mol. The number of carbonyl (C=O) groups is 1. The van der Waals surface area contributed by atoms with Crippen LogP contribution in [0.25, 0.3) is 0 Å². The van der Waals surface area contributed by atoms with Crippen LogP contribution in [0.4, 0.5) is 0 Å². The number of benzene rings is 2. The van der Waals surface area contributed by atoms with Crippen molar-refractivity contribution in [3.05, 3.63) is 59.2 Å². The summed E-state index contributed by atoms with van der Waals surface area (Å²) < 4.78 is 10.8. The van der Waals surface area contributed by atoms with Crippen LogP contribution in [0, 0.1) is 6.92 Å². The molecule has 0 saturated heterocycles. The van der Waals surface area contributed by atoms with E-state index >= 15 is 0 Å². The Morgan fingerprint density at radius 3 is 2.35 bits per heavy atom. The zero-order chi connectivity index (χ0) is 14.4. The van der Waals surface area contributed by atoms with Crippen LogP contribution in [0.5, 0.6) is 11.5 Å². The SMILES string of the molecule is COCCc1ccc(Oc2ccc(C=O)c(C)c2)cc1. The molecule has 2 aromatic rings. The molecule has 0 heterocycles. The standard InChI is InChI=1S/C17H18O3/c1-13-11-17(8-5-15(13)12-18)20-16-6-3-14(4-7-16)9-10-19-2/h3-8,11-12H,9-10H2,1-2H3. The molecule has 0 aromatic heterocycles. The number of rotatable bonds is 6. The Morgan fingerprint density at radius 2 is 1.75 bits per heavy atom. The Hall–Kier alpha value is -2.13. The molecule has 3 heteroatoms. The summed E-state index contributed by atoms with van der Waals surface area (Å²) in [6.45, 7) is 2.61. The minimum Gasteiger partial charge on any atom is -0.457 e. The molecule has 0 amide bonds. The van der Waals surface area contributed by atoms with Crippen molar-refractivity contribution in [1.29, 1.82) is 0 Å². The van der Waals surface area contributed by atoms with Crippen LogP contribution in [-0.2, 0) is 11.2 Å². The van der Waals surface area contributed by atoms with E-state index in [1.165, 1.54) is 5.56 Å². The summed E-state index contributed by atoms with van der Waals surface area (Å²) in [6.07, 6.45) is 1.74. The highest BCUT2D eigenvalue weighted by molar-refractivity contribution is 5.77. The Morgan fingerprint density at radius 1 is 1.05 bits per heavy atom. The Balaban J connectivity index is 2.06. The smallest absolute Gasteiger partial charge is 0.150 e. The van der Waals surface area contributed by atoms with Gasteiger partial charge < -0.3 is 9.47 Å². The molecule has 0 unspecified atom stereocenters. The highest BCUT2D eigenvalue weighted by atomic mass is 16.5. The molecule has 104 valence electrons. The van der Waals surface area contributed by atoms with Gasteiger partial charge in [0.25, 0.3) is 0 Å². The molecular formula is C17H18O3. The van der Waals surface area contributed by atoms with Gasteiger partial charge in [0.2, 0.25) is 0 Å². The van der Waals surface area contributed by atoms with Crippen LogP contribution < -0.4 is 4.74 Å². The summed E-state index contributed by atoms with van der Waals surface area (Å²) >= 11 is 0. The topological polar surface area (TPSA) is 35.5 Å². The number of aldehydes is 1. The van der Waals surface area contributed by atoms with Gasteiger partial charge in [-0.1, -0.05) is 12.1 Å². The third-order valence-corrected chi connectivity index (χ3v) is 3.12. The third kappa shape index (κ3) is 3.68. The first-order valence-electron chi connectivity index (χ1n) is 6.54. The van der Waals surface area contributed by atoms with Gasteiger partial charge in [-0.15, -0.1) is 0 Å². The van der Waals surface area contributed by atoms with Crippen LogP contribution in [0.2, 0.25) is 0 Å². The molecule has 0 atom stereocenters. The van der Waals surface area contributed by atoms with E-state index in [4.69, 9.17) is 9.47 Å². The van der Waals surface area contributed by atoms with Gasteiger partial charge in [0.15, 0.2) is 0 Å². The molecule has 0 N–H and O–H groups in total. The molecule has 0 aliphatic rings. The van der Waals surface area contributed by atoms with Gasteiger partial charge in [0, 0.05) is 12.7 Å². The Labute approximate surface area is 119 Å². The molecule has 20 heavy (non-hydrogen) atoms. The molecule has 3 nitrogen and oxygen atoms in total. The third-order valence-electron chi connectivity index (χ3n) is 3.12. The first kappa shape index (κ1) is 14.3. The number of ether oxygens (including phenoxy) is 2. The van der Waals surface area contributed by atoms with E-state index < -0.39 is 0 Å². The first-order valence-corrected chi connectivity index (χ1v) is 6.54. The molecular weight excluding hydrogens is 252 g/mol. The molecule has 0 spiro atoms. The van der Waals surface area contributed by atoms with E-state index in [-0.39, 0.29) is 0 Å². The fraction of sp³-hybridized carbons (Fsp3) is 0.235. The van der Waals surface area contributed by atoms with E-state index in [2.05, 4.69) is 0 Å². The summed E-state index contributed by atoms with van der Waals surface area (Å²) in [6, 6.07) is 13.4. The van der Waals surface area contributed by atoms with Crippen molar-refractivity contribution < 1.29 is 14.3 Å². The van der Waals surface area contributed by atoms with Crippen molar-refractivity contribution in [3.63, 3.8) is 0 Å². The second-order valence-electron chi connectivity index (χ2n) is 4.63. The van der Waals surface area contributed by atoms with Crippen molar-refractivity contribution >= 4 is 6.29 Å². The summed E-state index contributed by atoms with van der Waals surface area (Å²) in [5.74, 6) is 1.52. The lowest BCUT2D eigenvalue weighted by Gasteiger charge is -2.08. The largest absolute Gasteiger partial charge is 0.457 e. The fourth-order valence-electron chi connectivity index (χ4n) is 1.92. The quantitative estimate of drug-likeness (QED) is 0.749. The summed E-state index contributed by atoms with van der Waals surface area (Å²) in [7, 11) is 1.70. The number of hydrogen-bond donors (Lipinski definition) is 0. The van der Waals surface area contributed by atoms with Gasteiger partial charge in [-0.05, 0) is 54.8 Å². The van der Waals surface area contributed by atoms with Crippen molar-refractivity contribution in [2.45, 2.75) is 13.3 Å².